The van der Waals surface area contributed by atoms with Gasteiger partial charge >= 0.3 is 0 Å². The van der Waals surface area contributed by atoms with Crippen molar-refractivity contribution >= 4 is 33.3 Å². The van der Waals surface area contributed by atoms with Gasteiger partial charge in [-0.2, -0.15) is 4.31 Å². The maximum atomic E-state index is 13.2. The second kappa shape index (κ2) is 8.54. The van der Waals surface area contributed by atoms with Crippen LogP contribution in [-0.4, -0.2) is 28.6 Å². The molecule has 1 aromatic heterocycles. The van der Waals surface area contributed by atoms with Gasteiger partial charge in [-0.25, -0.2) is 18.4 Å². The average Bonchev–Trinajstić information content (AvgIpc) is 3.25. The molecule has 4 aromatic rings. The van der Waals surface area contributed by atoms with Gasteiger partial charge in [0, 0.05) is 36.1 Å². The molecule has 6 rings (SSSR count). The quantitative estimate of drug-likeness (QED) is 0.433. The molecular formula is C27H23N5O3S. The molecule has 1 amide bonds. The Labute approximate surface area is 209 Å². The van der Waals surface area contributed by atoms with E-state index in [1.807, 2.05) is 49.4 Å². The fourth-order valence-electron chi connectivity index (χ4n) is 4.63. The average molecular weight is 498 g/mol. The first-order valence-corrected chi connectivity index (χ1v) is 13.0. The summed E-state index contributed by atoms with van der Waals surface area (Å²) in [6.45, 7) is 2.72. The number of aryl methyl sites for hydroxylation is 1. The van der Waals surface area contributed by atoms with E-state index in [4.69, 9.17) is 4.98 Å². The number of aromatic nitrogens is 2. The lowest BCUT2D eigenvalue weighted by Gasteiger charge is -2.16. The maximum absolute atomic E-state index is 13.2. The van der Waals surface area contributed by atoms with Crippen molar-refractivity contribution in [3.63, 3.8) is 0 Å². The highest BCUT2D eigenvalue weighted by Gasteiger charge is 2.30. The SMILES string of the molecule is Cc1ccc2c(c1)NC(=O)Cc1cnc(Nc3ccc(S(=O)(=O)N4Cc5ccccc5C4)cc3)nc1-2. The topological polar surface area (TPSA) is 104 Å². The third-order valence-electron chi connectivity index (χ3n) is 6.48. The van der Waals surface area contributed by atoms with Crippen LogP contribution in [0, 0.1) is 6.92 Å². The van der Waals surface area contributed by atoms with Gasteiger partial charge in [-0.05, 0) is 53.9 Å². The van der Waals surface area contributed by atoms with Gasteiger partial charge in [0.05, 0.1) is 22.7 Å². The molecule has 0 spiro atoms. The van der Waals surface area contributed by atoms with Crippen LogP contribution in [0.4, 0.5) is 17.3 Å². The van der Waals surface area contributed by atoms with Gasteiger partial charge in [0.25, 0.3) is 0 Å². The smallest absolute Gasteiger partial charge is 0.243 e. The maximum Gasteiger partial charge on any atom is 0.243 e. The summed E-state index contributed by atoms with van der Waals surface area (Å²) >= 11 is 0. The fourth-order valence-corrected chi connectivity index (χ4v) is 6.02. The standard InChI is InChI=1S/C27H23N5O3S/c1-17-6-11-23-24(12-17)30-25(33)13-20-14-28-27(31-26(20)23)29-21-7-9-22(10-8-21)36(34,35)32-15-18-4-2-3-5-19(18)16-32/h2-12,14H,13,15-16H2,1H3,(H,30,33)(H,28,29,31). The number of hydrogen-bond donors (Lipinski definition) is 2. The number of hydrogen-bond acceptors (Lipinski definition) is 6. The molecule has 0 atom stereocenters. The normalized spacial score (nSPS) is 14.9. The van der Waals surface area contributed by atoms with E-state index in [0.29, 0.717) is 30.4 Å². The van der Waals surface area contributed by atoms with Crippen molar-refractivity contribution in [1.29, 1.82) is 0 Å². The minimum atomic E-state index is -3.62. The molecule has 36 heavy (non-hydrogen) atoms. The molecule has 0 aliphatic carbocycles. The van der Waals surface area contributed by atoms with Gasteiger partial charge in [0.15, 0.2) is 0 Å². The number of anilines is 3. The molecule has 2 aliphatic rings. The Morgan fingerprint density at radius 2 is 1.67 bits per heavy atom. The van der Waals surface area contributed by atoms with Crippen molar-refractivity contribution in [1.82, 2.24) is 14.3 Å². The van der Waals surface area contributed by atoms with E-state index < -0.39 is 10.0 Å². The molecule has 3 heterocycles. The first-order chi connectivity index (χ1) is 17.4. The van der Waals surface area contributed by atoms with Crippen molar-refractivity contribution in [3.05, 3.63) is 95.2 Å². The Morgan fingerprint density at radius 3 is 2.39 bits per heavy atom. The van der Waals surface area contributed by atoms with E-state index >= 15 is 0 Å². The summed E-state index contributed by atoms with van der Waals surface area (Å²) in [4.78, 5) is 21.6. The van der Waals surface area contributed by atoms with Gasteiger partial charge in [-0.1, -0.05) is 36.4 Å². The molecule has 0 bridgehead atoms. The highest BCUT2D eigenvalue weighted by molar-refractivity contribution is 7.89. The molecule has 9 heteroatoms. The number of rotatable bonds is 4. The molecule has 0 fully saturated rings. The zero-order chi connectivity index (χ0) is 24.9. The molecule has 0 saturated carbocycles. The van der Waals surface area contributed by atoms with Gasteiger partial charge in [0.1, 0.15) is 0 Å². The van der Waals surface area contributed by atoms with Crippen LogP contribution in [0.1, 0.15) is 22.3 Å². The van der Waals surface area contributed by atoms with Crippen LogP contribution < -0.4 is 10.6 Å². The van der Waals surface area contributed by atoms with Crippen LogP contribution in [0.5, 0.6) is 0 Å². The monoisotopic (exact) mass is 497 g/mol. The minimum absolute atomic E-state index is 0.109. The molecule has 2 aliphatic heterocycles. The Hall–Kier alpha value is -4.08. The Bertz CT molecular complexity index is 1590. The van der Waals surface area contributed by atoms with Crippen molar-refractivity contribution in [3.8, 4) is 11.3 Å². The van der Waals surface area contributed by atoms with Crippen molar-refractivity contribution in [2.45, 2.75) is 31.3 Å². The number of carbonyl (C=O) groups is 1. The second-order valence-electron chi connectivity index (χ2n) is 9.03. The summed E-state index contributed by atoms with van der Waals surface area (Å²) in [7, 11) is -3.62. The molecule has 2 N–H and O–H groups in total. The molecular weight excluding hydrogens is 474 g/mol. The largest absolute Gasteiger partial charge is 0.325 e. The van der Waals surface area contributed by atoms with Crippen LogP contribution >= 0.6 is 0 Å². The van der Waals surface area contributed by atoms with E-state index in [2.05, 4.69) is 15.6 Å². The number of benzene rings is 3. The van der Waals surface area contributed by atoms with Crippen molar-refractivity contribution in [2.75, 3.05) is 10.6 Å². The van der Waals surface area contributed by atoms with Crippen molar-refractivity contribution < 1.29 is 13.2 Å². The van der Waals surface area contributed by atoms with Crippen LogP contribution in [0.3, 0.4) is 0 Å². The molecule has 0 radical (unpaired) electrons. The van der Waals surface area contributed by atoms with Crippen LogP contribution in [-0.2, 0) is 34.3 Å². The summed E-state index contributed by atoms with van der Waals surface area (Å²) < 4.78 is 27.9. The molecule has 8 nitrogen and oxygen atoms in total. The predicted molar refractivity (Wildman–Crippen MR) is 137 cm³/mol. The predicted octanol–water partition coefficient (Wildman–Crippen LogP) is 4.39. The molecule has 3 aromatic carbocycles. The van der Waals surface area contributed by atoms with E-state index in [1.165, 1.54) is 4.31 Å². The summed E-state index contributed by atoms with van der Waals surface area (Å²) in [5, 5.41) is 6.09. The number of nitrogens with zero attached hydrogens (tertiary/aromatic N) is 3. The molecule has 0 saturated heterocycles. The first kappa shape index (κ1) is 22.4. The highest BCUT2D eigenvalue weighted by atomic mass is 32.2. The number of carbonyl (C=O) groups excluding carboxylic acids is 1. The van der Waals surface area contributed by atoms with E-state index in [9.17, 15) is 13.2 Å². The van der Waals surface area contributed by atoms with Gasteiger partial charge < -0.3 is 10.6 Å². The summed E-state index contributed by atoms with van der Waals surface area (Å²) in [5.74, 6) is 0.253. The lowest BCUT2D eigenvalue weighted by Crippen LogP contribution is -2.25. The van der Waals surface area contributed by atoms with E-state index in [0.717, 1.165) is 33.5 Å². The Balaban J connectivity index is 1.25. The molecule has 0 unspecified atom stereocenters. The van der Waals surface area contributed by atoms with Gasteiger partial charge in [-0.3, -0.25) is 4.79 Å². The van der Waals surface area contributed by atoms with Crippen molar-refractivity contribution in [2.24, 2.45) is 0 Å². The zero-order valence-electron chi connectivity index (χ0n) is 19.5. The Kier molecular flexibility index (Phi) is 5.31. The zero-order valence-corrected chi connectivity index (χ0v) is 20.3. The number of nitrogens with one attached hydrogen (secondary N) is 2. The first-order valence-electron chi connectivity index (χ1n) is 11.6. The second-order valence-corrected chi connectivity index (χ2v) is 11.0. The van der Waals surface area contributed by atoms with Crippen LogP contribution in [0.25, 0.3) is 11.3 Å². The lowest BCUT2D eigenvalue weighted by molar-refractivity contribution is -0.115. The van der Waals surface area contributed by atoms with Gasteiger partial charge in [0.2, 0.25) is 21.9 Å². The highest BCUT2D eigenvalue weighted by Crippen LogP contribution is 2.34. The number of amides is 1. The van der Waals surface area contributed by atoms with E-state index in [1.54, 1.807) is 30.5 Å². The summed E-state index contributed by atoms with van der Waals surface area (Å²) in [6, 6.07) is 20.2. The van der Waals surface area contributed by atoms with E-state index in [-0.39, 0.29) is 17.2 Å². The Morgan fingerprint density at radius 1 is 0.944 bits per heavy atom. The van der Waals surface area contributed by atoms with Gasteiger partial charge in [-0.15, -0.1) is 0 Å². The minimum Gasteiger partial charge on any atom is -0.325 e. The number of sulfonamides is 1. The lowest BCUT2D eigenvalue weighted by atomic mass is 10.0. The third-order valence-corrected chi connectivity index (χ3v) is 8.29. The summed E-state index contributed by atoms with van der Waals surface area (Å²) in [6.07, 6.45) is 1.85. The van der Waals surface area contributed by atoms with Crippen LogP contribution in [0.15, 0.2) is 77.8 Å². The third kappa shape index (κ3) is 4.02. The number of fused-ring (bicyclic) bond motifs is 4. The van der Waals surface area contributed by atoms with Crippen LogP contribution in [0.2, 0.25) is 0 Å². The summed E-state index contributed by atoms with van der Waals surface area (Å²) in [5.41, 5.74) is 6.76. The molecule has 180 valence electrons. The fraction of sp³-hybridized carbons (Fsp3) is 0.148.